The zero-order valence-corrected chi connectivity index (χ0v) is 14.2. The number of carbonyl (C=O) groups excluding carboxylic acids is 1. The molecular weight excluding hydrogens is 322 g/mol. The van der Waals surface area contributed by atoms with E-state index in [1.165, 1.54) is 5.56 Å². The van der Waals surface area contributed by atoms with Gasteiger partial charge in [0.1, 0.15) is 0 Å². The molecule has 6 nitrogen and oxygen atoms in total. The number of nitrogens with zero attached hydrogens (tertiary/aromatic N) is 4. The van der Waals surface area contributed by atoms with Gasteiger partial charge in [-0.05, 0) is 54.3 Å². The van der Waals surface area contributed by atoms with Crippen LogP contribution in [0.2, 0.25) is 0 Å². The van der Waals surface area contributed by atoms with Gasteiger partial charge in [0.05, 0.1) is 12.1 Å². The number of hydrogen-bond acceptors (Lipinski definition) is 4. The fraction of sp³-hybridized carbons (Fsp3) is 0.353. The number of fused-ring (bicyclic) bond motifs is 1. The van der Waals surface area contributed by atoms with E-state index in [0.29, 0.717) is 0 Å². The predicted octanol–water partition coefficient (Wildman–Crippen LogP) is 3.40. The van der Waals surface area contributed by atoms with Crippen molar-refractivity contribution in [2.75, 3.05) is 6.54 Å². The standard InChI is InChI=1S/C17H19N5OS/c1-12(16-20-19-15-6-2-3-8-22(15)16)18-17(23)21-9-4-5-14(21)13-7-10-24-11-13/h2-3,6-8,10-12,14H,4-5,9H2,1H3,(H,18,23)/t12-,14-/m0/s1. The molecule has 7 heteroatoms. The molecule has 0 aromatic carbocycles. The Kier molecular flexibility index (Phi) is 3.93. The Morgan fingerprint density at radius 1 is 1.38 bits per heavy atom. The van der Waals surface area contributed by atoms with Gasteiger partial charge >= 0.3 is 6.03 Å². The van der Waals surface area contributed by atoms with Crippen LogP contribution in [-0.2, 0) is 0 Å². The van der Waals surface area contributed by atoms with E-state index < -0.39 is 0 Å². The molecule has 124 valence electrons. The van der Waals surface area contributed by atoms with E-state index in [2.05, 4.69) is 32.3 Å². The Balaban J connectivity index is 1.51. The summed E-state index contributed by atoms with van der Waals surface area (Å²) >= 11 is 1.67. The van der Waals surface area contributed by atoms with Crippen molar-refractivity contribution in [3.05, 3.63) is 52.6 Å². The number of urea groups is 1. The molecule has 1 fully saturated rings. The number of amides is 2. The Morgan fingerprint density at radius 2 is 2.29 bits per heavy atom. The van der Waals surface area contributed by atoms with Crippen LogP contribution < -0.4 is 5.32 Å². The van der Waals surface area contributed by atoms with Crippen LogP contribution in [0, 0.1) is 0 Å². The molecule has 1 aliphatic rings. The third-order valence-electron chi connectivity index (χ3n) is 4.51. The van der Waals surface area contributed by atoms with E-state index in [4.69, 9.17) is 0 Å². The summed E-state index contributed by atoms with van der Waals surface area (Å²) in [6, 6.07) is 7.80. The van der Waals surface area contributed by atoms with Gasteiger partial charge in [-0.3, -0.25) is 4.40 Å². The number of likely N-dealkylation sites (tertiary alicyclic amines) is 1. The Bertz CT molecular complexity index is 844. The Labute approximate surface area is 144 Å². The van der Waals surface area contributed by atoms with Crippen molar-refractivity contribution in [3.63, 3.8) is 0 Å². The average molecular weight is 341 g/mol. The maximum absolute atomic E-state index is 12.8. The summed E-state index contributed by atoms with van der Waals surface area (Å²) < 4.78 is 1.91. The second-order valence-corrected chi connectivity index (χ2v) is 6.85. The van der Waals surface area contributed by atoms with E-state index in [0.717, 1.165) is 30.9 Å². The average Bonchev–Trinajstić information content (AvgIpc) is 3.33. The quantitative estimate of drug-likeness (QED) is 0.794. The highest BCUT2D eigenvalue weighted by Gasteiger charge is 2.31. The van der Waals surface area contributed by atoms with Gasteiger partial charge in [0, 0.05) is 12.7 Å². The zero-order valence-electron chi connectivity index (χ0n) is 13.4. The molecule has 0 bridgehead atoms. The van der Waals surface area contributed by atoms with Crippen molar-refractivity contribution >= 4 is 23.0 Å². The lowest BCUT2D eigenvalue weighted by Gasteiger charge is -2.26. The van der Waals surface area contributed by atoms with Gasteiger partial charge in [-0.2, -0.15) is 11.3 Å². The smallest absolute Gasteiger partial charge is 0.318 e. The van der Waals surface area contributed by atoms with E-state index in [1.807, 2.05) is 40.6 Å². The van der Waals surface area contributed by atoms with Gasteiger partial charge in [-0.1, -0.05) is 6.07 Å². The first-order chi connectivity index (χ1) is 11.7. The second kappa shape index (κ2) is 6.24. The van der Waals surface area contributed by atoms with Crippen LogP contribution >= 0.6 is 11.3 Å². The van der Waals surface area contributed by atoms with Gasteiger partial charge in [0.15, 0.2) is 11.5 Å². The Hall–Kier alpha value is -2.41. The number of carbonyl (C=O) groups is 1. The van der Waals surface area contributed by atoms with Crippen molar-refractivity contribution in [1.82, 2.24) is 24.8 Å². The van der Waals surface area contributed by atoms with E-state index in [9.17, 15) is 4.79 Å². The molecule has 24 heavy (non-hydrogen) atoms. The molecular formula is C17H19N5OS. The number of pyridine rings is 1. The molecule has 4 rings (SSSR count). The maximum Gasteiger partial charge on any atom is 0.318 e. The van der Waals surface area contributed by atoms with Gasteiger partial charge in [-0.15, -0.1) is 10.2 Å². The lowest BCUT2D eigenvalue weighted by molar-refractivity contribution is 0.189. The highest BCUT2D eigenvalue weighted by molar-refractivity contribution is 7.07. The molecule has 1 N–H and O–H groups in total. The third-order valence-corrected chi connectivity index (χ3v) is 5.21. The van der Waals surface area contributed by atoms with Crippen molar-refractivity contribution in [2.24, 2.45) is 0 Å². The third kappa shape index (κ3) is 2.65. The minimum absolute atomic E-state index is 0.0381. The molecule has 0 saturated carbocycles. The molecule has 1 saturated heterocycles. The molecule has 0 spiro atoms. The number of hydrogen-bond donors (Lipinski definition) is 1. The van der Waals surface area contributed by atoms with Crippen LogP contribution in [-0.4, -0.2) is 32.1 Å². The summed E-state index contributed by atoms with van der Waals surface area (Å²) in [5.41, 5.74) is 2.01. The molecule has 0 aliphatic carbocycles. The lowest BCUT2D eigenvalue weighted by atomic mass is 10.1. The predicted molar refractivity (Wildman–Crippen MR) is 92.9 cm³/mol. The van der Waals surface area contributed by atoms with Crippen LogP contribution in [0.4, 0.5) is 4.79 Å². The second-order valence-electron chi connectivity index (χ2n) is 6.07. The molecule has 1 aliphatic heterocycles. The highest BCUT2D eigenvalue weighted by atomic mass is 32.1. The van der Waals surface area contributed by atoms with E-state index >= 15 is 0 Å². The first kappa shape index (κ1) is 15.1. The molecule has 3 aromatic heterocycles. The van der Waals surface area contributed by atoms with Crippen molar-refractivity contribution in [1.29, 1.82) is 0 Å². The Morgan fingerprint density at radius 3 is 3.12 bits per heavy atom. The van der Waals surface area contributed by atoms with Crippen LogP contribution in [0.25, 0.3) is 5.65 Å². The minimum atomic E-state index is -0.210. The SMILES string of the molecule is C[C@H](NC(=O)N1CCC[C@H]1c1ccsc1)c1nnc2ccccn12. The van der Waals surface area contributed by atoms with Crippen LogP contribution in [0.15, 0.2) is 41.2 Å². The first-order valence-electron chi connectivity index (χ1n) is 8.13. The van der Waals surface area contributed by atoms with Crippen molar-refractivity contribution in [2.45, 2.75) is 31.8 Å². The number of thiophene rings is 1. The molecule has 0 radical (unpaired) electrons. The minimum Gasteiger partial charge on any atom is -0.328 e. The molecule has 4 heterocycles. The molecule has 3 aromatic rings. The summed E-state index contributed by atoms with van der Waals surface area (Å²) in [5.74, 6) is 0.741. The van der Waals surface area contributed by atoms with Crippen LogP contribution in [0.1, 0.15) is 43.2 Å². The zero-order chi connectivity index (χ0) is 16.5. The topological polar surface area (TPSA) is 62.5 Å². The van der Waals surface area contributed by atoms with E-state index in [1.54, 1.807) is 11.3 Å². The van der Waals surface area contributed by atoms with Crippen molar-refractivity contribution < 1.29 is 4.79 Å². The van der Waals surface area contributed by atoms with Gasteiger partial charge in [0.2, 0.25) is 0 Å². The number of nitrogens with one attached hydrogen (secondary N) is 1. The molecule has 2 amide bonds. The van der Waals surface area contributed by atoms with Crippen LogP contribution in [0.3, 0.4) is 0 Å². The summed E-state index contributed by atoms with van der Waals surface area (Å²) in [6.07, 6.45) is 3.97. The van der Waals surface area contributed by atoms with E-state index in [-0.39, 0.29) is 18.1 Å². The summed E-state index contributed by atoms with van der Waals surface area (Å²) in [4.78, 5) is 14.7. The molecule has 0 unspecified atom stereocenters. The first-order valence-corrected chi connectivity index (χ1v) is 9.07. The van der Waals surface area contributed by atoms with Gasteiger partial charge in [-0.25, -0.2) is 4.79 Å². The lowest BCUT2D eigenvalue weighted by Crippen LogP contribution is -2.40. The fourth-order valence-electron chi connectivity index (χ4n) is 3.31. The number of rotatable bonds is 3. The molecule has 2 atom stereocenters. The largest absolute Gasteiger partial charge is 0.328 e. The summed E-state index contributed by atoms with van der Waals surface area (Å²) in [6.45, 7) is 2.73. The van der Waals surface area contributed by atoms with Crippen molar-refractivity contribution in [3.8, 4) is 0 Å². The fourth-order valence-corrected chi connectivity index (χ4v) is 4.02. The van der Waals surface area contributed by atoms with Gasteiger partial charge in [0.25, 0.3) is 0 Å². The highest BCUT2D eigenvalue weighted by Crippen LogP contribution is 2.33. The van der Waals surface area contributed by atoms with Gasteiger partial charge < -0.3 is 10.2 Å². The summed E-state index contributed by atoms with van der Waals surface area (Å²) in [5, 5.41) is 15.6. The monoisotopic (exact) mass is 341 g/mol. The normalized spacial score (nSPS) is 18.9. The number of aromatic nitrogens is 3. The maximum atomic E-state index is 12.8. The van der Waals surface area contributed by atoms with Crippen LogP contribution in [0.5, 0.6) is 0 Å². The summed E-state index contributed by atoms with van der Waals surface area (Å²) in [7, 11) is 0.